The predicted molar refractivity (Wildman–Crippen MR) is 219 cm³/mol. The summed E-state index contributed by atoms with van der Waals surface area (Å²) in [4.78, 5) is 22.4. The Morgan fingerprint density at radius 2 is 1.04 bits per heavy atom. The molecule has 0 saturated heterocycles. The van der Waals surface area contributed by atoms with Crippen molar-refractivity contribution < 1.29 is 32.8 Å². The van der Waals surface area contributed by atoms with Gasteiger partial charge in [0.05, 0.1) is 19.5 Å². The SMILES string of the molecule is CCCCCC=CCC=CCCCCCCCCCCCC(=O)OC(COC=CCCCCCCCCCCCCCC)COP(=O)(O)OCCN. The van der Waals surface area contributed by atoms with E-state index in [9.17, 15) is 14.3 Å². The minimum atomic E-state index is -4.29. The van der Waals surface area contributed by atoms with Gasteiger partial charge >= 0.3 is 13.8 Å². The minimum Gasteiger partial charge on any atom is -0.498 e. The first-order chi connectivity index (χ1) is 25.4. The molecule has 0 aromatic carbocycles. The number of nitrogens with two attached hydrogens (primary N) is 1. The molecule has 2 atom stereocenters. The highest BCUT2D eigenvalue weighted by atomic mass is 31.2. The van der Waals surface area contributed by atoms with Crippen LogP contribution in [-0.4, -0.2) is 43.3 Å². The molecule has 3 N–H and O–H groups in total. The van der Waals surface area contributed by atoms with E-state index in [2.05, 4.69) is 38.2 Å². The Hall–Kier alpha value is -1.44. The van der Waals surface area contributed by atoms with Crippen LogP contribution in [0, 0.1) is 0 Å². The van der Waals surface area contributed by atoms with Crippen LogP contribution < -0.4 is 5.73 Å². The molecule has 306 valence electrons. The van der Waals surface area contributed by atoms with Gasteiger partial charge in [-0.15, -0.1) is 0 Å². The maximum atomic E-state index is 12.6. The maximum absolute atomic E-state index is 12.6. The van der Waals surface area contributed by atoms with Crippen LogP contribution in [0.2, 0.25) is 0 Å². The van der Waals surface area contributed by atoms with Gasteiger partial charge in [-0.1, -0.05) is 167 Å². The molecule has 0 rings (SSSR count). The molecule has 0 radical (unpaired) electrons. The van der Waals surface area contributed by atoms with Crippen LogP contribution in [-0.2, 0) is 27.9 Å². The molecule has 0 spiro atoms. The Balaban J connectivity index is 4.07. The summed E-state index contributed by atoms with van der Waals surface area (Å²) in [5.74, 6) is -0.356. The first-order valence-electron chi connectivity index (χ1n) is 21.5. The maximum Gasteiger partial charge on any atom is 0.472 e. The Morgan fingerprint density at radius 1 is 0.596 bits per heavy atom. The monoisotopic (exact) mass is 756 g/mol. The fourth-order valence-electron chi connectivity index (χ4n) is 5.93. The third kappa shape index (κ3) is 39.8. The number of phosphoric ester groups is 1. The van der Waals surface area contributed by atoms with Crippen LogP contribution >= 0.6 is 7.82 Å². The van der Waals surface area contributed by atoms with Crippen molar-refractivity contribution in [3.05, 3.63) is 36.6 Å². The molecule has 8 nitrogen and oxygen atoms in total. The van der Waals surface area contributed by atoms with E-state index in [1.807, 2.05) is 6.08 Å². The lowest BCUT2D eigenvalue weighted by atomic mass is 10.0. The molecule has 0 aromatic heterocycles. The second-order valence-electron chi connectivity index (χ2n) is 14.3. The van der Waals surface area contributed by atoms with Crippen molar-refractivity contribution in [3.8, 4) is 0 Å². The van der Waals surface area contributed by atoms with Crippen LogP contribution in [0.1, 0.15) is 200 Å². The molecule has 0 saturated carbocycles. The fraction of sp³-hybridized carbons (Fsp3) is 0.837. The zero-order valence-electron chi connectivity index (χ0n) is 33.8. The highest BCUT2D eigenvalue weighted by Gasteiger charge is 2.25. The van der Waals surface area contributed by atoms with Crippen LogP contribution in [0.15, 0.2) is 36.6 Å². The number of allylic oxidation sites excluding steroid dienone is 5. The molecule has 2 unspecified atom stereocenters. The summed E-state index contributed by atoms with van der Waals surface area (Å²) in [5, 5.41) is 0. The van der Waals surface area contributed by atoms with Crippen LogP contribution in [0.5, 0.6) is 0 Å². The summed E-state index contributed by atoms with van der Waals surface area (Å²) < 4.78 is 33.2. The molecule has 0 aliphatic heterocycles. The molecule has 0 bridgehead atoms. The molecule has 0 fully saturated rings. The lowest BCUT2D eigenvalue weighted by Crippen LogP contribution is -2.27. The van der Waals surface area contributed by atoms with Crippen molar-refractivity contribution in [3.63, 3.8) is 0 Å². The first-order valence-corrected chi connectivity index (χ1v) is 23.0. The number of unbranched alkanes of at least 4 members (excludes halogenated alkanes) is 24. The zero-order chi connectivity index (χ0) is 38.1. The van der Waals surface area contributed by atoms with Crippen LogP contribution in [0.25, 0.3) is 0 Å². The summed E-state index contributed by atoms with van der Waals surface area (Å²) in [7, 11) is -4.29. The van der Waals surface area contributed by atoms with Gasteiger partial charge < -0.3 is 20.1 Å². The molecule has 9 heteroatoms. The lowest BCUT2D eigenvalue weighted by Gasteiger charge is -2.19. The first kappa shape index (κ1) is 50.6. The normalized spacial score (nSPS) is 13.8. The predicted octanol–water partition coefficient (Wildman–Crippen LogP) is 13.0. The number of phosphoric acid groups is 1. The van der Waals surface area contributed by atoms with E-state index in [1.54, 1.807) is 6.26 Å². The zero-order valence-corrected chi connectivity index (χ0v) is 34.7. The average molecular weight is 756 g/mol. The molecule has 0 amide bonds. The van der Waals surface area contributed by atoms with Gasteiger partial charge in [0.2, 0.25) is 0 Å². The van der Waals surface area contributed by atoms with Crippen molar-refractivity contribution >= 4 is 13.8 Å². The fourth-order valence-corrected chi connectivity index (χ4v) is 6.70. The van der Waals surface area contributed by atoms with E-state index in [0.29, 0.717) is 6.42 Å². The third-order valence-electron chi connectivity index (χ3n) is 9.12. The summed E-state index contributed by atoms with van der Waals surface area (Å²) in [6, 6.07) is 0. The highest BCUT2D eigenvalue weighted by Crippen LogP contribution is 2.43. The van der Waals surface area contributed by atoms with Gasteiger partial charge in [0.25, 0.3) is 0 Å². The lowest BCUT2D eigenvalue weighted by molar-refractivity contribution is -0.153. The summed E-state index contributed by atoms with van der Waals surface area (Å²) in [5.41, 5.74) is 5.36. The Labute approximate surface area is 320 Å². The van der Waals surface area contributed by atoms with Crippen molar-refractivity contribution in [2.45, 2.75) is 206 Å². The number of esters is 1. The summed E-state index contributed by atoms with van der Waals surface area (Å²) >= 11 is 0. The quantitative estimate of drug-likeness (QED) is 0.0208. The number of hydrogen-bond acceptors (Lipinski definition) is 7. The highest BCUT2D eigenvalue weighted by molar-refractivity contribution is 7.47. The van der Waals surface area contributed by atoms with E-state index < -0.39 is 13.9 Å². The number of rotatable bonds is 41. The van der Waals surface area contributed by atoms with Crippen molar-refractivity contribution in [1.82, 2.24) is 0 Å². The van der Waals surface area contributed by atoms with E-state index in [0.717, 1.165) is 38.5 Å². The van der Waals surface area contributed by atoms with E-state index in [1.165, 1.54) is 141 Å². The van der Waals surface area contributed by atoms with Crippen LogP contribution in [0.3, 0.4) is 0 Å². The largest absolute Gasteiger partial charge is 0.498 e. The third-order valence-corrected chi connectivity index (χ3v) is 10.1. The summed E-state index contributed by atoms with van der Waals surface area (Å²) in [6.07, 6.45) is 46.8. The number of hydrogen-bond donors (Lipinski definition) is 2. The van der Waals surface area contributed by atoms with Crippen molar-refractivity contribution in [1.29, 1.82) is 0 Å². The smallest absolute Gasteiger partial charge is 0.472 e. The van der Waals surface area contributed by atoms with E-state index in [-0.39, 0.29) is 32.3 Å². The molecule has 0 heterocycles. The molecule has 0 aliphatic carbocycles. The summed E-state index contributed by atoms with van der Waals surface area (Å²) in [6.45, 7) is 4.22. The van der Waals surface area contributed by atoms with Crippen LogP contribution in [0.4, 0.5) is 0 Å². The van der Waals surface area contributed by atoms with Gasteiger partial charge in [-0.2, -0.15) is 0 Å². The molecule has 0 aromatic rings. The molecular weight excluding hydrogens is 673 g/mol. The molecular formula is C43H82NO7P. The van der Waals surface area contributed by atoms with Crippen molar-refractivity contribution in [2.75, 3.05) is 26.4 Å². The molecule has 52 heavy (non-hydrogen) atoms. The van der Waals surface area contributed by atoms with Gasteiger partial charge in [-0.25, -0.2) is 4.57 Å². The van der Waals surface area contributed by atoms with Gasteiger partial charge in [-0.3, -0.25) is 13.8 Å². The van der Waals surface area contributed by atoms with Gasteiger partial charge in [0.15, 0.2) is 6.10 Å². The average Bonchev–Trinajstić information content (AvgIpc) is 3.13. The number of ether oxygens (including phenoxy) is 2. The Morgan fingerprint density at radius 3 is 1.56 bits per heavy atom. The van der Waals surface area contributed by atoms with Gasteiger partial charge in [0, 0.05) is 13.0 Å². The minimum absolute atomic E-state index is 0.0321. The van der Waals surface area contributed by atoms with E-state index >= 15 is 0 Å². The topological polar surface area (TPSA) is 117 Å². The van der Waals surface area contributed by atoms with Crippen molar-refractivity contribution in [2.24, 2.45) is 5.73 Å². The van der Waals surface area contributed by atoms with Gasteiger partial charge in [-0.05, 0) is 57.4 Å². The Bertz CT molecular complexity index is 895. The Kier molecular flexibility index (Phi) is 39.6. The standard InChI is InChI=1S/C43H82NO7P/c1-3-5-7-9-11-13-15-17-19-20-21-22-23-24-26-28-30-32-34-36-43(45)51-42(41-50-52(46,47)49-39-37-44)40-48-38-35-33-31-29-27-25-18-16-14-12-10-8-6-4-2/h11,13,17,19,35,38,42H,3-10,12,14-16,18,20-34,36-37,39-41,44H2,1-2H3,(H,46,47). The second-order valence-corrected chi connectivity index (χ2v) is 15.7. The number of carbonyl (C=O) groups excluding carboxylic acids is 1. The van der Waals surface area contributed by atoms with Gasteiger partial charge in [0.1, 0.15) is 6.61 Å². The van der Waals surface area contributed by atoms with E-state index in [4.69, 9.17) is 24.3 Å². The molecule has 0 aliphatic rings. The number of carbonyl (C=O) groups is 1. The second kappa shape index (κ2) is 40.7.